The maximum atomic E-state index is 13.0. The van der Waals surface area contributed by atoms with Crippen LogP contribution in [0.1, 0.15) is 227 Å². The third kappa shape index (κ3) is 36.9. The molecule has 0 spiro atoms. The van der Waals surface area contributed by atoms with Gasteiger partial charge < -0.3 is 72.5 Å². The van der Waals surface area contributed by atoms with Crippen LogP contribution in [0, 0.1) is 31.6 Å². The van der Waals surface area contributed by atoms with Gasteiger partial charge in [-0.25, -0.2) is 33.6 Å². The summed E-state index contributed by atoms with van der Waals surface area (Å²) in [5.74, 6) is 6.89. The number of alkyl carbamates (subject to hydrolysis) is 3. The van der Waals surface area contributed by atoms with Crippen LogP contribution >= 0.6 is 38.2 Å². The molecule has 140 heavy (non-hydrogen) atoms. The van der Waals surface area contributed by atoms with E-state index in [1.54, 1.807) is 85.4 Å². The first kappa shape index (κ1) is 124. The number of para-hydroxylation sites is 4. The van der Waals surface area contributed by atoms with Gasteiger partial charge in [0.2, 0.25) is 11.8 Å². The molecule has 5 fully saturated rings. The first-order valence-corrected chi connectivity index (χ1v) is 46.8. The molecular weight excluding hydrogens is 2010 g/mol. The molecular formula is C99H143BrClN13O24PPd-. The van der Waals surface area contributed by atoms with E-state index in [9.17, 15) is 71.9 Å². The van der Waals surface area contributed by atoms with E-state index in [1.165, 1.54) is 31.1 Å². The van der Waals surface area contributed by atoms with Crippen LogP contribution in [0.25, 0.3) is 44.1 Å². The van der Waals surface area contributed by atoms with Crippen molar-refractivity contribution in [3.8, 4) is 24.2 Å². The molecule has 2 saturated heterocycles. The minimum absolute atomic E-state index is 0. The molecule has 5 aliphatic rings. The molecule has 8 N–H and O–H groups in total. The topological polar surface area (TPSA) is 475 Å². The first-order valence-electron chi connectivity index (χ1n) is 46.0. The molecule has 37 nitrogen and oxygen atoms in total. The number of ether oxygens (including phenoxy) is 8. The van der Waals surface area contributed by atoms with E-state index in [0.717, 1.165) is 94.9 Å². The summed E-state index contributed by atoms with van der Waals surface area (Å²) in [5.41, 5.74) is 11.5. The molecule has 5 unspecified atom stereocenters. The maximum Gasteiger partial charge on any atom is 0.407 e. The number of hydrogen-bond acceptors (Lipinski definition) is 24. The van der Waals surface area contributed by atoms with E-state index in [1.807, 2.05) is 96.1 Å². The monoisotopic (exact) mass is 2150 g/mol. The molecule has 2 aliphatic heterocycles. The molecule has 5 atom stereocenters. The van der Waals surface area contributed by atoms with E-state index in [4.69, 9.17) is 50.1 Å². The predicted octanol–water partition coefficient (Wildman–Crippen LogP) is 10.8. The zero-order chi connectivity index (χ0) is 98.9. The number of ketones is 6. The number of aryl methyl sites for hydroxylation is 6. The second kappa shape index (κ2) is 60.2. The van der Waals surface area contributed by atoms with Crippen LogP contribution in [-0.2, 0) is 138 Å². The maximum absolute atomic E-state index is 13.0. The number of carbonyl (C=O) groups excluding carboxylic acids is 11. The number of halogens is 2. The molecule has 5 amide bonds. The summed E-state index contributed by atoms with van der Waals surface area (Å²) >= 11 is 3.42. The minimum Gasteiger partial charge on any atom is -0.444 e. The van der Waals surface area contributed by atoms with Crippen molar-refractivity contribution in [2.75, 3.05) is 92.2 Å². The number of amides is 5. The number of hydrogen-bond donors (Lipinski definition) is 5. The molecule has 6 heterocycles. The number of Topliss-reactive ketones (excluding diaryl/α,β-unsaturated/α-hetero) is 6. The van der Waals surface area contributed by atoms with Gasteiger partial charge in [0.25, 0.3) is 0 Å². The van der Waals surface area contributed by atoms with Gasteiger partial charge in [-0.1, -0.05) is 54.2 Å². The van der Waals surface area contributed by atoms with Crippen molar-refractivity contribution in [3.05, 3.63) is 143 Å². The zero-order valence-electron chi connectivity index (χ0n) is 82.9. The Morgan fingerprint density at radius 3 is 1.19 bits per heavy atom. The summed E-state index contributed by atoms with van der Waals surface area (Å²) in [6, 6.07) is 20.0. The largest absolute Gasteiger partial charge is 0.444 e. The summed E-state index contributed by atoms with van der Waals surface area (Å²) in [7, 11) is 6.77. The number of carbonyl (C=O) groups is 11. The first-order chi connectivity index (χ1) is 64.2. The minimum atomic E-state index is -0.641. The zero-order valence-corrected chi connectivity index (χ0v) is 88.3. The Labute approximate surface area is 849 Å². The third-order valence-corrected chi connectivity index (χ3v) is 22.7. The van der Waals surface area contributed by atoms with Crippen LogP contribution in [0.2, 0.25) is 0 Å². The van der Waals surface area contributed by atoms with Crippen LogP contribution in [0.3, 0.4) is 0 Å². The van der Waals surface area contributed by atoms with E-state index in [-0.39, 0.29) is 153 Å². The molecule has 4 aromatic carbocycles. The van der Waals surface area contributed by atoms with Crippen molar-refractivity contribution in [3.63, 3.8) is 0 Å². The number of benzene rings is 4. The fourth-order valence-corrected chi connectivity index (χ4v) is 16.6. The van der Waals surface area contributed by atoms with Gasteiger partial charge in [-0.3, -0.25) is 80.2 Å². The van der Waals surface area contributed by atoms with E-state index >= 15 is 0 Å². The van der Waals surface area contributed by atoms with Gasteiger partial charge >= 0.3 is 41.0 Å². The number of imide groups is 1. The van der Waals surface area contributed by atoms with Crippen molar-refractivity contribution in [2.24, 2.45) is 33.9 Å². The molecule has 0 radical (unpaired) electrons. The number of terminal acetylenes is 1. The van der Waals surface area contributed by atoms with Crippen molar-refractivity contribution >= 4 is 147 Å². The van der Waals surface area contributed by atoms with E-state index in [0.29, 0.717) is 152 Å². The van der Waals surface area contributed by atoms with Crippen molar-refractivity contribution < 1.29 is 118 Å². The molecule has 8 aromatic rings. The summed E-state index contributed by atoms with van der Waals surface area (Å²) in [6.45, 7) is 24.3. The van der Waals surface area contributed by atoms with Crippen molar-refractivity contribution in [1.29, 1.82) is 0 Å². The summed E-state index contributed by atoms with van der Waals surface area (Å²) in [6.07, 6.45) is 14.6. The quantitative estimate of drug-likeness (QED) is 0.00425. The number of nitrogens with zero attached hydrogens (tertiary/aromatic N) is 8. The summed E-state index contributed by atoms with van der Waals surface area (Å²) < 4.78 is 55.2. The van der Waals surface area contributed by atoms with E-state index in [2.05, 4.69) is 55.0 Å². The number of rotatable bonds is 29. The number of nitrogens with one attached hydrogen (secondary N) is 4. The van der Waals surface area contributed by atoms with E-state index < -0.39 is 65.2 Å². The van der Waals surface area contributed by atoms with Gasteiger partial charge in [-0.05, 0) is 222 Å². The van der Waals surface area contributed by atoms with Gasteiger partial charge in [0.15, 0.2) is 17.3 Å². The molecule has 13 rings (SSSR count). The Kier molecular flexibility index (Phi) is 53.2. The van der Waals surface area contributed by atoms with Gasteiger partial charge in [0.05, 0.1) is 87.1 Å². The van der Waals surface area contributed by atoms with Gasteiger partial charge in [0.1, 0.15) is 53.4 Å². The SMILES string of the molecule is C#CCOCCCNC(=O)OC(C)(C)C.C1CCOC1.Cl.Cn1c(=O)n(C2CCC(=O)CC2=O)c2cccc(C#CCOCCCNC(=O)OC(C)(C)C)c21.Cn1c(=O)n(C2CCC(=O)CC2=O)c2cccc(CCCOCCCN)c21.Cn1c(=O)n(C2CCC(=O)CC2=O)c2cccc(CCCOCCCNC(=O)OC(C)(C)C)c21.Cn1c(=O)n(C2CCC(=O)NC2=O)c2cccc(Br)c21.O.P.[CH3-].[HH].[Pd]. The number of imidazole rings is 4. The number of piperidine rings is 1. The average Bonchev–Trinajstić information content (AvgIpc) is 1.58. The summed E-state index contributed by atoms with van der Waals surface area (Å²) in [4.78, 5) is 181. The molecule has 3 saturated carbocycles. The third-order valence-electron chi connectivity index (χ3n) is 22.1. The van der Waals surface area contributed by atoms with Crippen LogP contribution < -0.4 is 49.8 Å². The fraction of sp³-hybridized carbons (Fsp3) is 0.556. The Hall–Kier alpha value is -10.4. The molecule has 41 heteroatoms. The van der Waals surface area contributed by atoms with Crippen molar-refractivity contribution in [1.82, 2.24) is 57.8 Å². The smallest absolute Gasteiger partial charge is 0.407 e. The predicted molar refractivity (Wildman–Crippen MR) is 543 cm³/mol. The number of aromatic nitrogens is 8. The standard InChI is InChI=1S/C25H35N3O6.C25H31N3O6.C20H27N3O4.C13H12BrN3O3.C11H19NO3.C4H8O.CH3.ClH.H2O.H3P.Pd.H2/c2*1-25(2,3)34-23(31)26-13-7-15-33-14-6-9-17-8-5-10-20-22(17)27(4)24(32)28(20)19-12-11-18(29)16-21(19)30;1-22-19-14(6-3-11-27-12-4-10-21)5-2-7-17(19)23(20(22)26)16-9-8-15(24)13-18(16)25;1-16-11-7(14)3-2-4-8(11)17(13(16)20)9-5-6-10(18)15-12(9)19;1-5-8-14-9-6-7-12-10(13)15-11(2,3)4;1-2-4-5-3-1;;;;;;/h5,8,10,19H,6-7,9,11-16H2,1-4H3,(H,26,31);5,8,10,19H,7,11-16H2,1-4H3,(H,26,31);2,5,7,16H,3-4,6,8-13,21H2,1H3;2-4,9H,5-6H2,1H3,(H,15,18,19);1H,6-9H2,2-4H3,(H,12,13);1-4H2;1H3;1H;1H2;1H3;;1H/q;;;;;;-1;;;;;. The van der Waals surface area contributed by atoms with Crippen LogP contribution in [-0.4, -0.2) is 216 Å². The second-order valence-electron chi connectivity index (χ2n) is 36.2. The van der Waals surface area contributed by atoms with Crippen molar-refractivity contribution in [2.45, 2.75) is 238 Å². The van der Waals surface area contributed by atoms with Crippen LogP contribution in [0.4, 0.5) is 14.4 Å². The second-order valence-corrected chi connectivity index (χ2v) is 37.1. The Bertz CT molecular complexity index is 5900. The van der Waals surface area contributed by atoms with Gasteiger partial charge in [-0.2, -0.15) is 9.90 Å². The normalized spacial score (nSPS) is 16.2. The number of fused-ring (bicyclic) bond motifs is 4. The Morgan fingerprint density at radius 2 is 0.814 bits per heavy atom. The molecule has 778 valence electrons. The molecule has 3 aliphatic carbocycles. The fourth-order valence-electron chi connectivity index (χ4n) is 16.0. The average molecular weight is 2150 g/mol. The van der Waals surface area contributed by atoms with Gasteiger partial charge in [-0.15, -0.1) is 18.8 Å². The summed E-state index contributed by atoms with van der Waals surface area (Å²) in [5, 5.41) is 10.3. The Balaban J connectivity index is 0.000000595. The van der Waals surface area contributed by atoms with Crippen LogP contribution in [0.15, 0.2) is 96.4 Å². The van der Waals surface area contributed by atoms with Crippen LogP contribution in [0.5, 0.6) is 0 Å². The molecule has 0 bridgehead atoms. The molecule has 4 aromatic heterocycles. The number of nitrogens with two attached hydrogens (primary N) is 1. The Morgan fingerprint density at radius 1 is 0.479 bits per heavy atom. The van der Waals surface area contributed by atoms with Gasteiger partial charge in [0, 0.05) is 153 Å².